The zero-order valence-corrected chi connectivity index (χ0v) is 9.97. The van der Waals surface area contributed by atoms with E-state index in [4.69, 9.17) is 15.6 Å². The lowest BCUT2D eigenvalue weighted by Gasteiger charge is -2.13. The van der Waals surface area contributed by atoms with E-state index in [1.807, 2.05) is 0 Å². The Hall–Kier alpha value is -1.74. The van der Waals surface area contributed by atoms with Crippen LogP contribution in [0.2, 0.25) is 0 Å². The van der Waals surface area contributed by atoms with Crippen LogP contribution in [-0.4, -0.2) is 49.9 Å². The summed E-state index contributed by atoms with van der Waals surface area (Å²) in [5.41, 5.74) is 6.99. The van der Waals surface area contributed by atoms with E-state index in [0.717, 1.165) is 0 Å². The predicted octanol–water partition coefficient (Wildman–Crippen LogP) is -2.12. The second-order valence-electron chi connectivity index (χ2n) is 4.52. The number of ether oxygens (including phenoxy) is 1. The first kappa shape index (κ1) is 12.3. The van der Waals surface area contributed by atoms with Gasteiger partial charge in [0.1, 0.15) is 24.4 Å². The quantitative estimate of drug-likeness (QED) is 0.493. The summed E-state index contributed by atoms with van der Waals surface area (Å²) in [6, 6.07) is 3.45. The lowest BCUT2D eigenvalue weighted by Crippen LogP contribution is -2.32. The Morgan fingerprint density at radius 1 is 1.37 bits per heavy atom. The van der Waals surface area contributed by atoms with Gasteiger partial charge in [0.25, 0.3) is 0 Å². The Balaban J connectivity index is 2.04. The first-order valence-electron chi connectivity index (χ1n) is 5.89. The second-order valence-corrected chi connectivity index (χ2v) is 4.52. The minimum absolute atomic E-state index is 0.360. The third-order valence-corrected chi connectivity index (χ3v) is 3.39. The topological polar surface area (TPSA) is 127 Å². The van der Waals surface area contributed by atoms with Crippen LogP contribution in [0.5, 0.6) is 0 Å². The molecule has 4 atom stereocenters. The molecular weight excluding hydrogens is 252 g/mol. The highest BCUT2D eigenvalue weighted by atomic mass is 16.6. The fourth-order valence-corrected chi connectivity index (χ4v) is 2.37. The summed E-state index contributed by atoms with van der Waals surface area (Å²) in [5.74, 6) is 0.438. The minimum atomic E-state index is -1.13. The summed E-state index contributed by atoms with van der Waals surface area (Å²) in [5, 5.41) is 32.9. The van der Waals surface area contributed by atoms with E-state index in [2.05, 4.69) is 10.1 Å². The van der Waals surface area contributed by atoms with Gasteiger partial charge in [-0.3, -0.25) is 0 Å². The molecule has 1 fully saturated rings. The highest BCUT2D eigenvalue weighted by Crippen LogP contribution is 2.34. The number of hydrogen-bond donors (Lipinski definition) is 4. The molecule has 3 rings (SSSR count). The zero-order valence-electron chi connectivity index (χ0n) is 9.97. The van der Waals surface area contributed by atoms with Crippen molar-refractivity contribution in [2.45, 2.75) is 24.4 Å². The number of aromatic nitrogens is 3. The first-order valence-corrected chi connectivity index (χ1v) is 5.89. The number of aliphatic hydroxyl groups excluding tert-OH is 3. The van der Waals surface area contributed by atoms with Crippen LogP contribution >= 0.6 is 0 Å². The van der Waals surface area contributed by atoms with Crippen molar-refractivity contribution in [3.8, 4) is 0 Å². The molecule has 0 amide bonds. The van der Waals surface area contributed by atoms with E-state index in [1.165, 1.54) is 10.8 Å². The fourth-order valence-electron chi connectivity index (χ4n) is 2.37. The Bertz CT molecular complexity index is 601. The molecule has 8 heteroatoms. The lowest BCUT2D eigenvalue weighted by molar-refractivity contribution is -0.365. The van der Waals surface area contributed by atoms with Crippen molar-refractivity contribution in [2.24, 2.45) is 0 Å². The zero-order chi connectivity index (χ0) is 13.6. The van der Waals surface area contributed by atoms with Crippen molar-refractivity contribution in [3.63, 3.8) is 0 Å². The number of nitrogens with zero attached hydrogens (tertiary/aromatic N) is 2. The summed E-state index contributed by atoms with van der Waals surface area (Å²) in [4.78, 5) is 2.77. The van der Waals surface area contributed by atoms with Crippen molar-refractivity contribution in [3.05, 3.63) is 24.2 Å². The third kappa shape index (κ3) is 1.77. The van der Waals surface area contributed by atoms with Crippen LogP contribution in [0.4, 0.5) is 5.82 Å². The van der Waals surface area contributed by atoms with Crippen LogP contribution in [-0.2, 0) is 4.74 Å². The van der Waals surface area contributed by atoms with E-state index >= 15 is 0 Å². The maximum atomic E-state index is 9.99. The number of nitrogen functional groups attached to an aromatic ring is 1. The van der Waals surface area contributed by atoms with Crippen LogP contribution in [0.1, 0.15) is 11.8 Å². The highest BCUT2D eigenvalue weighted by Gasteiger charge is 2.44. The van der Waals surface area contributed by atoms with Crippen molar-refractivity contribution >= 4 is 11.3 Å². The Kier molecular flexibility index (Phi) is 2.86. The number of fused-ring (bicyclic) bond motifs is 1. The molecule has 0 saturated carbocycles. The van der Waals surface area contributed by atoms with Gasteiger partial charge >= 0.3 is 0 Å². The number of rotatable bonds is 2. The van der Waals surface area contributed by atoms with Crippen LogP contribution in [0.3, 0.4) is 0 Å². The average molecular weight is 267 g/mol. The highest BCUT2D eigenvalue weighted by molar-refractivity contribution is 5.62. The van der Waals surface area contributed by atoms with Crippen molar-refractivity contribution in [2.75, 3.05) is 12.3 Å². The molecule has 19 heavy (non-hydrogen) atoms. The van der Waals surface area contributed by atoms with Crippen molar-refractivity contribution < 1.29 is 25.0 Å². The molecule has 2 aromatic rings. The van der Waals surface area contributed by atoms with E-state index < -0.39 is 24.4 Å². The molecule has 1 aliphatic heterocycles. The summed E-state index contributed by atoms with van der Waals surface area (Å²) >= 11 is 0. The molecule has 8 nitrogen and oxygen atoms in total. The van der Waals surface area contributed by atoms with Gasteiger partial charge in [0.15, 0.2) is 5.52 Å². The normalized spacial score (nSPS) is 31.1. The van der Waals surface area contributed by atoms with E-state index in [1.54, 1.807) is 12.1 Å². The first-order chi connectivity index (χ1) is 9.13. The molecule has 2 aromatic heterocycles. The van der Waals surface area contributed by atoms with Gasteiger partial charge in [-0.25, -0.2) is 4.98 Å². The number of H-pyrrole nitrogens is 1. The van der Waals surface area contributed by atoms with Crippen LogP contribution < -0.4 is 10.7 Å². The second kappa shape index (κ2) is 4.42. The van der Waals surface area contributed by atoms with Gasteiger partial charge < -0.3 is 25.8 Å². The van der Waals surface area contributed by atoms with E-state index in [0.29, 0.717) is 17.0 Å². The fraction of sp³-hybridized carbons (Fsp3) is 0.455. The minimum Gasteiger partial charge on any atom is -0.394 e. The molecule has 0 radical (unpaired) electrons. The van der Waals surface area contributed by atoms with E-state index in [-0.39, 0.29) is 6.61 Å². The summed E-state index contributed by atoms with van der Waals surface area (Å²) in [7, 11) is 0. The molecule has 0 spiro atoms. The molecule has 0 aromatic carbocycles. The molecule has 0 bridgehead atoms. The number of nitrogens with one attached hydrogen (secondary N) is 1. The molecule has 4 unspecified atom stereocenters. The standard InChI is InChI=1S/C11H14N4O4/c12-11-6-2-1-5(15(6)14-4-13-11)10-9(18)8(17)7(3-16)19-10/h1-2,4,7-10,16-18H,3H2,(H2,12,13,14)/p+1. The number of hydrogen-bond acceptors (Lipinski definition) is 6. The van der Waals surface area contributed by atoms with Gasteiger partial charge in [-0.05, 0) is 17.2 Å². The lowest BCUT2D eigenvalue weighted by atomic mass is 10.1. The van der Waals surface area contributed by atoms with Gasteiger partial charge in [-0.2, -0.15) is 4.52 Å². The Morgan fingerprint density at radius 2 is 2.16 bits per heavy atom. The summed E-state index contributed by atoms with van der Waals surface area (Å²) in [6.07, 6.45) is -2.40. The molecule has 102 valence electrons. The predicted molar refractivity (Wildman–Crippen MR) is 62.9 cm³/mol. The molecule has 3 heterocycles. The van der Waals surface area contributed by atoms with Crippen molar-refractivity contribution in [1.82, 2.24) is 9.61 Å². The maximum Gasteiger partial charge on any atom is 0.248 e. The SMILES string of the molecule is Nc1[nH+]cnn2c(C3OC(CO)C(O)C3O)ccc12. The summed E-state index contributed by atoms with van der Waals surface area (Å²) in [6.45, 7) is -0.360. The van der Waals surface area contributed by atoms with Crippen molar-refractivity contribution in [1.29, 1.82) is 0 Å². The number of anilines is 1. The molecule has 1 aliphatic rings. The van der Waals surface area contributed by atoms with Crippen LogP contribution in [0.15, 0.2) is 18.5 Å². The number of aromatic amines is 1. The van der Waals surface area contributed by atoms with Crippen LogP contribution in [0.25, 0.3) is 5.52 Å². The number of nitrogens with two attached hydrogens (primary N) is 1. The van der Waals surface area contributed by atoms with E-state index in [9.17, 15) is 10.2 Å². The van der Waals surface area contributed by atoms with Gasteiger partial charge in [0.05, 0.1) is 12.3 Å². The summed E-state index contributed by atoms with van der Waals surface area (Å²) < 4.78 is 7.00. The smallest absolute Gasteiger partial charge is 0.248 e. The Morgan fingerprint density at radius 3 is 2.84 bits per heavy atom. The Labute approximate surface area is 108 Å². The largest absolute Gasteiger partial charge is 0.394 e. The molecule has 0 aliphatic carbocycles. The molecule has 6 N–H and O–H groups in total. The third-order valence-electron chi connectivity index (χ3n) is 3.39. The monoisotopic (exact) mass is 267 g/mol. The molecular formula is C11H15N4O4+. The molecule has 1 saturated heterocycles. The van der Waals surface area contributed by atoms with Gasteiger partial charge in [0.2, 0.25) is 12.1 Å². The maximum absolute atomic E-state index is 9.99. The van der Waals surface area contributed by atoms with Gasteiger partial charge in [-0.1, -0.05) is 0 Å². The average Bonchev–Trinajstić information content (AvgIpc) is 2.94. The van der Waals surface area contributed by atoms with Gasteiger partial charge in [-0.15, -0.1) is 0 Å². The van der Waals surface area contributed by atoms with Crippen LogP contribution in [0, 0.1) is 0 Å². The number of aliphatic hydroxyl groups is 3. The van der Waals surface area contributed by atoms with Gasteiger partial charge in [0, 0.05) is 0 Å².